The minimum Gasteiger partial charge on any atom is -0.325 e. The van der Waals surface area contributed by atoms with Crippen LogP contribution >= 0.6 is 23.5 Å². The summed E-state index contributed by atoms with van der Waals surface area (Å²) in [6.07, 6.45) is 2.12. The van der Waals surface area contributed by atoms with Gasteiger partial charge in [0.1, 0.15) is 5.82 Å². The van der Waals surface area contributed by atoms with Gasteiger partial charge in [-0.3, -0.25) is 9.89 Å². The molecule has 0 saturated heterocycles. The molecule has 1 aromatic carbocycles. The highest BCUT2D eigenvalue weighted by Crippen LogP contribution is 2.28. The number of aromatic amines is 1. The van der Waals surface area contributed by atoms with Crippen LogP contribution in [0.2, 0.25) is 0 Å². The smallest absolute Gasteiger partial charge is 0.234 e. The molecule has 0 fully saturated rings. The van der Waals surface area contributed by atoms with Crippen molar-refractivity contribution in [3.05, 3.63) is 47.1 Å². The third kappa shape index (κ3) is 4.42. The predicted molar refractivity (Wildman–Crippen MR) is 101 cm³/mol. The van der Waals surface area contributed by atoms with E-state index in [0.29, 0.717) is 22.7 Å². The number of H-pyrrole nitrogens is 1. The predicted octanol–water partition coefficient (Wildman–Crippen LogP) is 4.00. The quantitative estimate of drug-likeness (QED) is 0.762. The maximum atomic E-state index is 12.1. The largest absolute Gasteiger partial charge is 0.325 e. The number of rotatable bonds is 6. The second-order valence-corrected chi connectivity index (χ2v) is 7.77. The molecule has 2 aromatic rings. The minimum absolute atomic E-state index is 0.0556. The van der Waals surface area contributed by atoms with Gasteiger partial charge in [-0.25, -0.2) is 4.98 Å². The molecule has 0 bridgehead atoms. The number of hydrogen-bond donors (Lipinski definition) is 2. The van der Waals surface area contributed by atoms with Crippen molar-refractivity contribution < 1.29 is 4.79 Å². The average molecular weight is 361 g/mol. The van der Waals surface area contributed by atoms with Crippen LogP contribution in [0.1, 0.15) is 37.1 Å². The Morgan fingerprint density at radius 1 is 1.42 bits per heavy atom. The van der Waals surface area contributed by atoms with Crippen LogP contribution in [0, 0.1) is 0 Å². The van der Waals surface area contributed by atoms with E-state index in [1.807, 2.05) is 24.3 Å². The molecule has 24 heavy (non-hydrogen) atoms. The first kappa shape index (κ1) is 17.1. The summed E-state index contributed by atoms with van der Waals surface area (Å²) >= 11 is 3.11. The lowest BCUT2D eigenvalue weighted by atomic mass is 10.0. The minimum atomic E-state index is -0.0556. The van der Waals surface area contributed by atoms with Gasteiger partial charge in [0.15, 0.2) is 0 Å². The van der Waals surface area contributed by atoms with Gasteiger partial charge < -0.3 is 5.32 Å². The summed E-state index contributed by atoms with van der Waals surface area (Å²) in [6.45, 7) is 4.30. The fourth-order valence-electron chi connectivity index (χ4n) is 2.30. The van der Waals surface area contributed by atoms with Crippen LogP contribution in [0.4, 0.5) is 5.69 Å². The van der Waals surface area contributed by atoms with Crippen molar-refractivity contribution in [3.8, 4) is 0 Å². The van der Waals surface area contributed by atoms with Crippen molar-refractivity contribution in [3.63, 3.8) is 0 Å². The van der Waals surface area contributed by atoms with Gasteiger partial charge in [0, 0.05) is 17.4 Å². The van der Waals surface area contributed by atoms with Crippen molar-refractivity contribution in [1.82, 2.24) is 15.2 Å². The van der Waals surface area contributed by atoms with Crippen LogP contribution < -0.4 is 5.32 Å². The van der Waals surface area contributed by atoms with Gasteiger partial charge in [-0.05, 0) is 29.0 Å². The Kier molecular flexibility index (Phi) is 5.63. The Labute approximate surface area is 150 Å². The maximum absolute atomic E-state index is 12.1. The third-order valence-corrected chi connectivity index (χ3v) is 5.46. The van der Waals surface area contributed by atoms with E-state index in [1.54, 1.807) is 11.8 Å². The molecule has 1 amide bonds. The Morgan fingerprint density at radius 3 is 2.88 bits per heavy atom. The van der Waals surface area contributed by atoms with Gasteiger partial charge >= 0.3 is 0 Å². The molecule has 0 radical (unpaired) electrons. The van der Waals surface area contributed by atoms with Crippen molar-refractivity contribution in [2.45, 2.75) is 30.8 Å². The molecule has 1 atom stereocenters. The van der Waals surface area contributed by atoms with Gasteiger partial charge in [-0.1, -0.05) is 43.8 Å². The molecule has 2 heterocycles. The zero-order chi connectivity index (χ0) is 16.9. The molecule has 0 spiro atoms. The van der Waals surface area contributed by atoms with Gasteiger partial charge in [0.25, 0.3) is 0 Å². The normalized spacial score (nSPS) is 16.7. The average Bonchev–Trinajstić information content (AvgIpc) is 3.25. The number of nitrogens with one attached hydrogen (secondary N) is 2. The number of carbonyl (C=O) groups excluding carboxylic acids is 1. The Hall–Kier alpha value is -1.73. The van der Waals surface area contributed by atoms with Crippen molar-refractivity contribution in [2.75, 3.05) is 16.8 Å². The topological polar surface area (TPSA) is 70.7 Å². The van der Waals surface area contributed by atoms with Crippen molar-refractivity contribution in [2.24, 2.45) is 0 Å². The summed E-state index contributed by atoms with van der Waals surface area (Å²) in [7, 11) is 0. The number of anilines is 1. The summed E-state index contributed by atoms with van der Waals surface area (Å²) in [4.78, 5) is 16.5. The SMILES string of the molecule is CC(C)c1ccc(NC(=O)CSc2n[nH]c(C3C=CSC3)n2)cc1. The third-order valence-electron chi connectivity index (χ3n) is 3.71. The lowest BCUT2D eigenvalue weighted by Gasteiger charge is -2.08. The zero-order valence-electron chi connectivity index (χ0n) is 13.7. The molecule has 2 N–H and O–H groups in total. The van der Waals surface area contributed by atoms with Crippen molar-refractivity contribution in [1.29, 1.82) is 0 Å². The summed E-state index contributed by atoms with van der Waals surface area (Å²) in [5, 5.41) is 12.7. The number of amides is 1. The number of benzene rings is 1. The summed E-state index contributed by atoms with van der Waals surface area (Å²) in [5.74, 6) is 2.87. The van der Waals surface area contributed by atoms with Gasteiger partial charge in [-0.2, -0.15) is 0 Å². The number of hydrogen-bond acceptors (Lipinski definition) is 5. The number of allylic oxidation sites excluding steroid dienone is 1. The maximum Gasteiger partial charge on any atom is 0.234 e. The second-order valence-electron chi connectivity index (χ2n) is 5.89. The summed E-state index contributed by atoms with van der Waals surface area (Å²) in [5.41, 5.74) is 2.07. The first-order valence-electron chi connectivity index (χ1n) is 7.85. The fraction of sp³-hybridized carbons (Fsp3) is 0.353. The summed E-state index contributed by atoms with van der Waals surface area (Å²) in [6, 6.07) is 7.96. The van der Waals surface area contributed by atoms with Gasteiger partial charge in [0.05, 0.1) is 5.75 Å². The second kappa shape index (κ2) is 7.90. The van der Waals surface area contributed by atoms with E-state index < -0.39 is 0 Å². The van der Waals surface area contributed by atoms with E-state index in [-0.39, 0.29) is 5.91 Å². The van der Waals surface area contributed by atoms with E-state index in [0.717, 1.165) is 17.3 Å². The first-order valence-corrected chi connectivity index (χ1v) is 9.88. The van der Waals surface area contributed by atoms with Crippen LogP contribution in [0.25, 0.3) is 0 Å². The van der Waals surface area contributed by atoms with Crippen LogP contribution in [0.3, 0.4) is 0 Å². The zero-order valence-corrected chi connectivity index (χ0v) is 15.3. The van der Waals surface area contributed by atoms with E-state index in [1.165, 1.54) is 17.3 Å². The molecule has 3 rings (SSSR count). The van der Waals surface area contributed by atoms with Crippen LogP contribution in [0.5, 0.6) is 0 Å². The van der Waals surface area contributed by atoms with E-state index in [2.05, 4.69) is 45.8 Å². The van der Waals surface area contributed by atoms with Gasteiger partial charge in [0.2, 0.25) is 11.1 Å². The van der Waals surface area contributed by atoms with Crippen LogP contribution in [0.15, 0.2) is 40.9 Å². The molecule has 7 heteroatoms. The number of nitrogens with zero attached hydrogens (tertiary/aromatic N) is 2. The molecular formula is C17H20N4OS2. The molecule has 126 valence electrons. The fourth-order valence-corrected chi connectivity index (χ4v) is 3.80. The standard InChI is InChI=1S/C17H20N4OS2/c1-11(2)12-3-5-14(6-4-12)18-15(22)10-24-17-19-16(20-21-17)13-7-8-23-9-13/h3-8,11,13H,9-10H2,1-2H3,(H,18,22)(H,19,20,21). The molecule has 1 aliphatic heterocycles. The molecular weight excluding hydrogens is 340 g/mol. The monoisotopic (exact) mass is 360 g/mol. The first-order chi connectivity index (χ1) is 11.6. The van der Waals surface area contributed by atoms with Crippen LogP contribution in [-0.2, 0) is 4.79 Å². The molecule has 0 aliphatic carbocycles. The molecule has 1 aliphatic rings. The van der Waals surface area contributed by atoms with E-state index >= 15 is 0 Å². The Balaban J connectivity index is 1.49. The highest BCUT2D eigenvalue weighted by molar-refractivity contribution is 8.02. The summed E-state index contributed by atoms with van der Waals surface area (Å²) < 4.78 is 0. The van der Waals surface area contributed by atoms with Crippen molar-refractivity contribution >= 4 is 35.1 Å². The number of aromatic nitrogens is 3. The molecule has 0 saturated carbocycles. The molecule has 1 aromatic heterocycles. The number of thioether (sulfide) groups is 2. The highest BCUT2D eigenvalue weighted by atomic mass is 32.2. The van der Waals surface area contributed by atoms with E-state index in [9.17, 15) is 4.79 Å². The van der Waals surface area contributed by atoms with Gasteiger partial charge in [-0.15, -0.1) is 16.9 Å². The highest BCUT2D eigenvalue weighted by Gasteiger charge is 2.17. The Bertz CT molecular complexity index is 724. The number of carbonyl (C=O) groups is 1. The lowest BCUT2D eigenvalue weighted by Crippen LogP contribution is -2.14. The molecule has 5 nitrogen and oxygen atoms in total. The van der Waals surface area contributed by atoms with Crippen LogP contribution in [-0.4, -0.2) is 32.6 Å². The molecule has 1 unspecified atom stereocenters. The lowest BCUT2D eigenvalue weighted by molar-refractivity contribution is -0.113. The Morgan fingerprint density at radius 2 is 2.21 bits per heavy atom. The van der Waals surface area contributed by atoms with E-state index in [4.69, 9.17) is 0 Å².